The lowest BCUT2D eigenvalue weighted by molar-refractivity contribution is -0.0195. The van der Waals surface area contributed by atoms with Crippen molar-refractivity contribution in [2.45, 2.75) is 38.3 Å². The van der Waals surface area contributed by atoms with Gasteiger partial charge in [0.1, 0.15) is 9.84 Å². The zero-order valence-corrected chi connectivity index (χ0v) is 12.5. The first-order valence-corrected chi connectivity index (χ1v) is 8.55. The van der Waals surface area contributed by atoms with Crippen LogP contribution in [0, 0.1) is 0 Å². The predicted molar refractivity (Wildman–Crippen MR) is 73.4 cm³/mol. The molecule has 1 rings (SSSR count). The molecule has 0 bridgehead atoms. The van der Waals surface area contributed by atoms with Gasteiger partial charge in [-0.1, -0.05) is 0 Å². The van der Waals surface area contributed by atoms with Gasteiger partial charge in [-0.2, -0.15) is 0 Å². The topological polar surface area (TPSA) is 72.6 Å². The van der Waals surface area contributed by atoms with E-state index in [1.807, 2.05) is 0 Å². The predicted octanol–water partition coefficient (Wildman–Crippen LogP) is 0.249. The first-order valence-electron chi connectivity index (χ1n) is 6.49. The number of rotatable bonds is 6. The Kier molecular flexibility index (Phi) is 5.58. The molecule has 18 heavy (non-hydrogen) atoms. The molecule has 1 aliphatic heterocycles. The van der Waals surface area contributed by atoms with Crippen molar-refractivity contribution in [3.05, 3.63) is 0 Å². The summed E-state index contributed by atoms with van der Waals surface area (Å²) in [6, 6.07) is -0.0163. The third-order valence-corrected chi connectivity index (χ3v) is 4.79. The molecule has 1 fully saturated rings. The molecule has 0 spiro atoms. The molecule has 0 aromatic heterocycles. The van der Waals surface area contributed by atoms with Gasteiger partial charge in [-0.05, 0) is 26.7 Å². The minimum Gasteiger partial charge on any atom is -0.379 e. The first-order chi connectivity index (χ1) is 8.23. The third kappa shape index (κ3) is 4.84. The molecule has 0 amide bonds. The van der Waals surface area contributed by atoms with Crippen LogP contribution in [-0.2, 0) is 14.6 Å². The molecule has 0 radical (unpaired) electrons. The molecule has 1 aliphatic rings. The smallest absolute Gasteiger partial charge is 0.147 e. The summed E-state index contributed by atoms with van der Waals surface area (Å²) < 4.78 is 27.5. The number of nitrogens with zero attached hydrogens (tertiary/aromatic N) is 1. The van der Waals surface area contributed by atoms with Gasteiger partial charge < -0.3 is 10.5 Å². The van der Waals surface area contributed by atoms with Gasteiger partial charge in [0.15, 0.2) is 0 Å². The highest BCUT2D eigenvalue weighted by Gasteiger charge is 2.33. The number of nitrogens with two attached hydrogens (primary N) is 1. The molecular formula is C12H26N2O3S. The van der Waals surface area contributed by atoms with Crippen LogP contribution in [0.15, 0.2) is 0 Å². The molecule has 0 aliphatic carbocycles. The number of hydrogen-bond acceptors (Lipinski definition) is 5. The number of hydrogen-bond donors (Lipinski definition) is 1. The fourth-order valence-electron chi connectivity index (χ4n) is 2.29. The maximum absolute atomic E-state index is 11.1. The van der Waals surface area contributed by atoms with Crippen molar-refractivity contribution in [2.75, 3.05) is 38.3 Å². The van der Waals surface area contributed by atoms with E-state index >= 15 is 0 Å². The highest BCUT2D eigenvalue weighted by atomic mass is 32.2. The zero-order chi connectivity index (χ0) is 13.8. The Labute approximate surface area is 111 Å². The van der Waals surface area contributed by atoms with E-state index in [9.17, 15) is 8.42 Å². The van der Waals surface area contributed by atoms with Crippen LogP contribution in [0.4, 0.5) is 0 Å². The Morgan fingerprint density at radius 3 is 2.39 bits per heavy atom. The molecule has 1 heterocycles. The Bertz CT molecular complexity index is 348. The standard InChI is InChI=1S/C12H26N2O3S/c1-12(2,14-6-8-17-9-7-14)11(13)5-4-10-18(3,15)16/h11H,4-10,13H2,1-3H3. The molecule has 0 aromatic rings. The lowest BCUT2D eigenvalue weighted by atomic mass is 9.89. The van der Waals surface area contributed by atoms with Crippen molar-refractivity contribution >= 4 is 9.84 Å². The molecule has 2 N–H and O–H groups in total. The van der Waals surface area contributed by atoms with Crippen LogP contribution in [0.25, 0.3) is 0 Å². The van der Waals surface area contributed by atoms with E-state index in [0.717, 1.165) is 32.7 Å². The summed E-state index contributed by atoms with van der Waals surface area (Å²) >= 11 is 0. The van der Waals surface area contributed by atoms with E-state index in [-0.39, 0.29) is 17.3 Å². The quantitative estimate of drug-likeness (QED) is 0.754. The van der Waals surface area contributed by atoms with Gasteiger partial charge in [0.25, 0.3) is 0 Å². The average molecular weight is 278 g/mol. The van der Waals surface area contributed by atoms with Crippen molar-refractivity contribution in [2.24, 2.45) is 5.73 Å². The molecule has 0 aromatic carbocycles. The summed E-state index contributed by atoms with van der Waals surface area (Å²) in [4.78, 5) is 2.33. The van der Waals surface area contributed by atoms with Crippen LogP contribution in [0.3, 0.4) is 0 Å². The lowest BCUT2D eigenvalue weighted by Crippen LogP contribution is -2.59. The summed E-state index contributed by atoms with van der Waals surface area (Å²) in [5.41, 5.74) is 6.12. The second-order valence-electron chi connectivity index (χ2n) is 5.63. The largest absolute Gasteiger partial charge is 0.379 e. The Morgan fingerprint density at radius 2 is 1.89 bits per heavy atom. The van der Waals surface area contributed by atoms with Gasteiger partial charge in [0, 0.05) is 36.7 Å². The van der Waals surface area contributed by atoms with Crippen molar-refractivity contribution < 1.29 is 13.2 Å². The summed E-state index contributed by atoms with van der Waals surface area (Å²) in [6.07, 6.45) is 2.64. The number of ether oxygens (including phenoxy) is 1. The van der Waals surface area contributed by atoms with Gasteiger partial charge in [-0.3, -0.25) is 4.90 Å². The maximum Gasteiger partial charge on any atom is 0.147 e. The van der Waals surface area contributed by atoms with Gasteiger partial charge in [0.05, 0.1) is 13.2 Å². The highest BCUT2D eigenvalue weighted by Crippen LogP contribution is 2.22. The highest BCUT2D eigenvalue weighted by molar-refractivity contribution is 7.90. The van der Waals surface area contributed by atoms with E-state index in [4.69, 9.17) is 10.5 Å². The van der Waals surface area contributed by atoms with Crippen molar-refractivity contribution in [1.82, 2.24) is 4.90 Å². The fourth-order valence-corrected chi connectivity index (χ4v) is 2.98. The number of morpholine rings is 1. The normalized spacial score (nSPS) is 20.9. The molecule has 1 unspecified atom stereocenters. The minimum atomic E-state index is -2.88. The van der Waals surface area contributed by atoms with E-state index in [1.54, 1.807) is 0 Å². The van der Waals surface area contributed by atoms with Gasteiger partial charge in [-0.25, -0.2) is 8.42 Å². The molecule has 5 nitrogen and oxygen atoms in total. The van der Waals surface area contributed by atoms with E-state index in [1.165, 1.54) is 6.26 Å². The summed E-state index contributed by atoms with van der Waals surface area (Å²) in [7, 11) is -2.88. The molecule has 6 heteroatoms. The van der Waals surface area contributed by atoms with Gasteiger partial charge >= 0.3 is 0 Å². The summed E-state index contributed by atoms with van der Waals surface area (Å²) in [5.74, 6) is 0.222. The lowest BCUT2D eigenvalue weighted by Gasteiger charge is -2.44. The Morgan fingerprint density at radius 1 is 1.33 bits per heavy atom. The second kappa shape index (κ2) is 6.32. The van der Waals surface area contributed by atoms with Crippen molar-refractivity contribution in [3.8, 4) is 0 Å². The van der Waals surface area contributed by atoms with Crippen LogP contribution in [-0.4, -0.2) is 63.2 Å². The van der Waals surface area contributed by atoms with Crippen LogP contribution in [0.1, 0.15) is 26.7 Å². The summed E-state index contributed by atoms with van der Waals surface area (Å²) in [6.45, 7) is 7.55. The molecule has 108 valence electrons. The minimum absolute atomic E-state index is 0.0163. The second-order valence-corrected chi connectivity index (χ2v) is 7.89. The average Bonchev–Trinajstić information content (AvgIpc) is 2.28. The van der Waals surface area contributed by atoms with Crippen molar-refractivity contribution in [1.29, 1.82) is 0 Å². The van der Waals surface area contributed by atoms with E-state index in [0.29, 0.717) is 6.42 Å². The van der Waals surface area contributed by atoms with Crippen molar-refractivity contribution in [3.63, 3.8) is 0 Å². The number of sulfone groups is 1. The molecular weight excluding hydrogens is 252 g/mol. The summed E-state index contributed by atoms with van der Waals surface area (Å²) in [5, 5.41) is 0. The zero-order valence-electron chi connectivity index (χ0n) is 11.7. The SMILES string of the molecule is CC(C)(C(N)CCCS(C)(=O)=O)N1CCOCC1. The van der Waals surface area contributed by atoms with Gasteiger partial charge in [0.2, 0.25) is 0 Å². The monoisotopic (exact) mass is 278 g/mol. The Balaban J connectivity index is 2.45. The van der Waals surface area contributed by atoms with E-state index < -0.39 is 9.84 Å². The van der Waals surface area contributed by atoms with Crippen LogP contribution in [0.5, 0.6) is 0 Å². The molecule has 0 saturated carbocycles. The third-order valence-electron chi connectivity index (χ3n) is 3.76. The van der Waals surface area contributed by atoms with Gasteiger partial charge in [-0.15, -0.1) is 0 Å². The fraction of sp³-hybridized carbons (Fsp3) is 1.00. The van der Waals surface area contributed by atoms with E-state index in [2.05, 4.69) is 18.7 Å². The first kappa shape index (κ1) is 15.9. The van der Waals surface area contributed by atoms with Crippen LogP contribution < -0.4 is 5.73 Å². The van der Waals surface area contributed by atoms with Crippen LogP contribution in [0.2, 0.25) is 0 Å². The van der Waals surface area contributed by atoms with Crippen LogP contribution >= 0.6 is 0 Å². The molecule has 1 saturated heterocycles. The maximum atomic E-state index is 11.1. The molecule has 1 atom stereocenters. The Hall–Kier alpha value is -0.170.